The maximum absolute atomic E-state index is 11.5. The van der Waals surface area contributed by atoms with E-state index in [4.69, 9.17) is 0 Å². The van der Waals surface area contributed by atoms with Gasteiger partial charge in [-0.05, 0) is 12.8 Å². The minimum atomic E-state index is -0.559. The standard InChI is InChI=1S/C25H48O2/c26-25(27)24-22-20-18-16-14-12-10-8-6-4-2-1-3-5-7-9-11-13-15-17-19-21-23-24/h24H,1-23H2,(H,26,27). The smallest absolute Gasteiger partial charge is 0.306 e. The number of hydrogen-bond acceptors (Lipinski definition) is 1. The van der Waals surface area contributed by atoms with Crippen molar-refractivity contribution >= 4 is 5.97 Å². The van der Waals surface area contributed by atoms with Gasteiger partial charge in [0.15, 0.2) is 0 Å². The van der Waals surface area contributed by atoms with Gasteiger partial charge in [-0.15, -0.1) is 0 Å². The molecule has 1 aliphatic rings. The summed E-state index contributed by atoms with van der Waals surface area (Å²) in [6.45, 7) is 0. The number of carboxylic acid groups (broad SMARTS) is 1. The van der Waals surface area contributed by atoms with E-state index in [1.54, 1.807) is 0 Å². The molecule has 0 unspecified atom stereocenters. The van der Waals surface area contributed by atoms with Gasteiger partial charge >= 0.3 is 5.97 Å². The van der Waals surface area contributed by atoms with Gasteiger partial charge in [0.1, 0.15) is 0 Å². The third-order valence-corrected chi connectivity index (χ3v) is 6.45. The molecule has 2 heteroatoms. The van der Waals surface area contributed by atoms with Crippen LogP contribution in [0.5, 0.6) is 0 Å². The SMILES string of the molecule is O=C(O)C1CCCCCCCCCCCCCCCCCCCCCCC1. The van der Waals surface area contributed by atoms with E-state index in [-0.39, 0.29) is 5.92 Å². The quantitative estimate of drug-likeness (QED) is 0.494. The lowest BCUT2D eigenvalue weighted by Gasteiger charge is -2.12. The Balaban J connectivity index is 2.19. The van der Waals surface area contributed by atoms with E-state index in [2.05, 4.69) is 0 Å². The highest BCUT2D eigenvalue weighted by Crippen LogP contribution is 2.20. The summed E-state index contributed by atoms with van der Waals surface area (Å²) >= 11 is 0. The lowest BCUT2D eigenvalue weighted by atomic mass is 9.94. The van der Waals surface area contributed by atoms with Crippen molar-refractivity contribution in [1.29, 1.82) is 0 Å². The molecule has 0 radical (unpaired) electrons. The fraction of sp³-hybridized carbons (Fsp3) is 0.960. The number of rotatable bonds is 1. The fourth-order valence-corrected chi connectivity index (χ4v) is 4.53. The minimum Gasteiger partial charge on any atom is -0.481 e. The second-order valence-corrected chi connectivity index (χ2v) is 9.04. The lowest BCUT2D eigenvalue weighted by Crippen LogP contribution is -2.13. The van der Waals surface area contributed by atoms with Crippen LogP contribution in [0.15, 0.2) is 0 Å². The molecule has 27 heavy (non-hydrogen) atoms. The Bertz CT molecular complexity index is 302. The zero-order valence-corrected chi connectivity index (χ0v) is 18.2. The molecule has 0 aromatic rings. The average Bonchev–Trinajstić information content (AvgIpc) is 2.65. The Morgan fingerprint density at radius 1 is 0.407 bits per heavy atom. The minimum absolute atomic E-state index is 0.0875. The molecule has 0 atom stereocenters. The summed E-state index contributed by atoms with van der Waals surface area (Å²) in [5.41, 5.74) is 0. The third-order valence-electron chi connectivity index (χ3n) is 6.45. The van der Waals surface area contributed by atoms with Gasteiger partial charge in [-0.1, -0.05) is 135 Å². The van der Waals surface area contributed by atoms with Crippen LogP contribution >= 0.6 is 0 Å². The molecule has 0 spiro atoms. The van der Waals surface area contributed by atoms with Gasteiger partial charge in [-0.2, -0.15) is 0 Å². The third kappa shape index (κ3) is 16.2. The molecule has 0 amide bonds. The topological polar surface area (TPSA) is 37.3 Å². The first-order valence-corrected chi connectivity index (χ1v) is 12.5. The van der Waals surface area contributed by atoms with Crippen molar-refractivity contribution in [3.05, 3.63) is 0 Å². The van der Waals surface area contributed by atoms with Crippen molar-refractivity contribution in [2.24, 2.45) is 5.92 Å². The Morgan fingerprint density at radius 2 is 0.593 bits per heavy atom. The number of carbonyl (C=O) groups is 1. The Labute approximate surface area is 169 Å². The largest absolute Gasteiger partial charge is 0.481 e. The van der Waals surface area contributed by atoms with E-state index in [9.17, 15) is 9.90 Å². The van der Waals surface area contributed by atoms with Crippen molar-refractivity contribution in [2.75, 3.05) is 0 Å². The summed E-state index contributed by atoms with van der Waals surface area (Å²) in [5, 5.41) is 9.44. The molecule has 1 rings (SSSR count). The summed E-state index contributed by atoms with van der Waals surface area (Å²) in [5.74, 6) is -0.646. The van der Waals surface area contributed by atoms with E-state index >= 15 is 0 Å². The molecule has 0 aromatic carbocycles. The summed E-state index contributed by atoms with van der Waals surface area (Å²) in [7, 11) is 0. The number of aliphatic carboxylic acids is 1. The maximum Gasteiger partial charge on any atom is 0.306 e. The van der Waals surface area contributed by atoms with Gasteiger partial charge in [0.2, 0.25) is 0 Å². The molecule has 0 aromatic heterocycles. The van der Waals surface area contributed by atoms with E-state index < -0.39 is 5.97 Å². The van der Waals surface area contributed by atoms with Crippen LogP contribution in [0.3, 0.4) is 0 Å². The zero-order valence-electron chi connectivity index (χ0n) is 18.2. The molecule has 0 saturated heterocycles. The molecule has 160 valence electrons. The van der Waals surface area contributed by atoms with Crippen molar-refractivity contribution in [3.8, 4) is 0 Å². The number of carboxylic acids is 1. The molecule has 0 aliphatic heterocycles. The van der Waals surface area contributed by atoms with Crippen LogP contribution in [0, 0.1) is 5.92 Å². The van der Waals surface area contributed by atoms with Gasteiger partial charge in [-0.3, -0.25) is 4.79 Å². The Hall–Kier alpha value is -0.530. The average molecular weight is 381 g/mol. The second-order valence-electron chi connectivity index (χ2n) is 9.04. The van der Waals surface area contributed by atoms with Gasteiger partial charge in [-0.25, -0.2) is 0 Å². The van der Waals surface area contributed by atoms with Gasteiger partial charge in [0.25, 0.3) is 0 Å². The van der Waals surface area contributed by atoms with Crippen molar-refractivity contribution in [1.82, 2.24) is 0 Å². The normalized spacial score (nSPS) is 23.3. The molecule has 1 N–H and O–H groups in total. The van der Waals surface area contributed by atoms with Crippen molar-refractivity contribution in [3.63, 3.8) is 0 Å². The first-order valence-electron chi connectivity index (χ1n) is 12.5. The van der Waals surface area contributed by atoms with E-state index in [1.807, 2.05) is 0 Å². The molecule has 0 heterocycles. The van der Waals surface area contributed by atoms with Gasteiger partial charge in [0, 0.05) is 0 Å². The first-order chi connectivity index (χ1) is 13.3. The van der Waals surface area contributed by atoms with Crippen LogP contribution in [0.25, 0.3) is 0 Å². The van der Waals surface area contributed by atoms with Crippen LogP contribution in [0.4, 0.5) is 0 Å². The molecule has 2 nitrogen and oxygen atoms in total. The van der Waals surface area contributed by atoms with E-state index in [1.165, 1.54) is 122 Å². The summed E-state index contributed by atoms with van der Waals surface area (Å²) in [6, 6.07) is 0. The molecule has 1 aliphatic carbocycles. The molecule has 1 saturated carbocycles. The van der Waals surface area contributed by atoms with Crippen LogP contribution in [-0.2, 0) is 4.79 Å². The second kappa shape index (κ2) is 18.8. The predicted octanol–water partition coefficient (Wildman–Crippen LogP) is 8.67. The van der Waals surface area contributed by atoms with Crippen LogP contribution < -0.4 is 0 Å². The van der Waals surface area contributed by atoms with Crippen LogP contribution in [0.1, 0.15) is 148 Å². The van der Waals surface area contributed by atoms with Gasteiger partial charge in [0.05, 0.1) is 5.92 Å². The maximum atomic E-state index is 11.5. The molecule has 0 bridgehead atoms. The monoisotopic (exact) mass is 380 g/mol. The van der Waals surface area contributed by atoms with Crippen molar-refractivity contribution < 1.29 is 9.90 Å². The fourth-order valence-electron chi connectivity index (χ4n) is 4.53. The number of hydrogen-bond donors (Lipinski definition) is 1. The summed E-state index contributed by atoms with van der Waals surface area (Å²) in [6.07, 6.45) is 30.2. The molecular weight excluding hydrogens is 332 g/mol. The zero-order chi connectivity index (χ0) is 19.4. The Kier molecular flexibility index (Phi) is 17.1. The summed E-state index contributed by atoms with van der Waals surface area (Å²) < 4.78 is 0. The van der Waals surface area contributed by atoms with Crippen LogP contribution in [-0.4, -0.2) is 11.1 Å². The Morgan fingerprint density at radius 3 is 0.778 bits per heavy atom. The highest BCUT2D eigenvalue weighted by Gasteiger charge is 2.16. The van der Waals surface area contributed by atoms with E-state index in [0.717, 1.165) is 25.7 Å². The highest BCUT2D eigenvalue weighted by atomic mass is 16.4. The first kappa shape index (κ1) is 24.5. The highest BCUT2D eigenvalue weighted by molar-refractivity contribution is 5.69. The molecule has 1 fully saturated rings. The molecular formula is C25H48O2. The van der Waals surface area contributed by atoms with E-state index in [0.29, 0.717) is 0 Å². The predicted molar refractivity (Wildman–Crippen MR) is 117 cm³/mol. The van der Waals surface area contributed by atoms with Crippen LogP contribution in [0.2, 0.25) is 0 Å². The van der Waals surface area contributed by atoms with Crippen molar-refractivity contribution in [2.45, 2.75) is 148 Å². The lowest BCUT2D eigenvalue weighted by molar-refractivity contribution is -0.142. The van der Waals surface area contributed by atoms with Gasteiger partial charge < -0.3 is 5.11 Å². The summed E-state index contributed by atoms with van der Waals surface area (Å²) in [4.78, 5) is 11.5.